The number of hydrogen-bond donors (Lipinski definition) is 1. The van der Waals surface area contributed by atoms with Gasteiger partial charge in [0.15, 0.2) is 11.7 Å². The number of anilines is 1. The molecule has 1 heterocycles. The summed E-state index contributed by atoms with van der Waals surface area (Å²) in [5.74, 6) is 0.225. The molecule has 0 bridgehead atoms. The molecular weight excluding hydrogens is 260 g/mol. The van der Waals surface area contributed by atoms with E-state index in [0.29, 0.717) is 15.9 Å². The van der Waals surface area contributed by atoms with E-state index in [1.54, 1.807) is 35.8 Å². The number of amides is 1. The molecule has 0 unspecified atom stereocenters. The summed E-state index contributed by atoms with van der Waals surface area (Å²) in [4.78, 5) is 15.4. The number of hydrogen-bond acceptors (Lipinski definition) is 4. The average molecular weight is 269 g/mol. The van der Waals surface area contributed by atoms with Gasteiger partial charge in [0.1, 0.15) is 5.75 Å². The van der Waals surface area contributed by atoms with Crippen molar-refractivity contribution in [1.29, 1.82) is 0 Å². The average Bonchev–Trinajstić information content (AvgIpc) is 2.81. The van der Waals surface area contributed by atoms with Crippen molar-refractivity contribution in [2.75, 3.05) is 11.9 Å². The minimum absolute atomic E-state index is 0.0939. The van der Waals surface area contributed by atoms with Crippen LogP contribution in [0.25, 0.3) is 0 Å². The van der Waals surface area contributed by atoms with Crippen LogP contribution in [0.5, 0.6) is 5.75 Å². The van der Waals surface area contributed by atoms with Gasteiger partial charge in [0.2, 0.25) is 0 Å². The van der Waals surface area contributed by atoms with E-state index in [1.165, 1.54) is 11.3 Å². The molecule has 0 radical (unpaired) electrons. The standard InChI is InChI=1S/C11H9ClN2O2S/c12-8-3-1-2-4-9(8)16-7-10(15)14-11-13-5-6-17-11/h1-6H,7H2,(H,13,14,15). The SMILES string of the molecule is O=C(COc1ccccc1Cl)Nc1nccs1. The number of benzene rings is 1. The lowest BCUT2D eigenvalue weighted by Crippen LogP contribution is -2.20. The normalized spacial score (nSPS) is 9.94. The summed E-state index contributed by atoms with van der Waals surface area (Å²) in [5, 5.41) is 5.43. The second-order valence-electron chi connectivity index (χ2n) is 3.10. The molecule has 0 saturated carbocycles. The highest BCUT2D eigenvalue weighted by Crippen LogP contribution is 2.22. The summed E-state index contributed by atoms with van der Waals surface area (Å²) in [6.07, 6.45) is 1.62. The Labute approximate surface area is 107 Å². The number of thiazole rings is 1. The number of aromatic nitrogens is 1. The monoisotopic (exact) mass is 268 g/mol. The van der Waals surface area contributed by atoms with Gasteiger partial charge < -0.3 is 4.74 Å². The third kappa shape index (κ3) is 3.44. The van der Waals surface area contributed by atoms with Gasteiger partial charge in [-0.3, -0.25) is 10.1 Å². The van der Waals surface area contributed by atoms with Gasteiger partial charge in [0, 0.05) is 11.6 Å². The molecule has 2 rings (SSSR count). The Bertz CT molecular complexity index is 502. The first-order valence-corrected chi connectivity index (χ1v) is 6.08. The van der Waals surface area contributed by atoms with Crippen molar-refractivity contribution in [3.63, 3.8) is 0 Å². The van der Waals surface area contributed by atoms with Gasteiger partial charge in [0.25, 0.3) is 5.91 Å². The van der Waals surface area contributed by atoms with Gasteiger partial charge in [-0.2, -0.15) is 0 Å². The molecule has 0 atom stereocenters. The van der Waals surface area contributed by atoms with Crippen LogP contribution >= 0.6 is 22.9 Å². The molecule has 17 heavy (non-hydrogen) atoms. The van der Waals surface area contributed by atoms with Gasteiger partial charge in [-0.05, 0) is 12.1 Å². The molecule has 0 spiro atoms. The highest BCUT2D eigenvalue weighted by atomic mass is 35.5. The fourth-order valence-electron chi connectivity index (χ4n) is 1.15. The molecule has 4 nitrogen and oxygen atoms in total. The van der Waals surface area contributed by atoms with E-state index >= 15 is 0 Å². The van der Waals surface area contributed by atoms with E-state index in [1.807, 2.05) is 0 Å². The minimum atomic E-state index is -0.264. The summed E-state index contributed by atoms with van der Waals surface area (Å²) in [6.45, 7) is -0.0939. The molecule has 1 aromatic heterocycles. The van der Waals surface area contributed by atoms with E-state index in [0.717, 1.165) is 0 Å². The number of carbonyl (C=O) groups is 1. The smallest absolute Gasteiger partial charge is 0.264 e. The van der Waals surface area contributed by atoms with Gasteiger partial charge >= 0.3 is 0 Å². The summed E-state index contributed by atoms with van der Waals surface area (Å²) >= 11 is 7.23. The van der Waals surface area contributed by atoms with Crippen LogP contribution in [0.15, 0.2) is 35.8 Å². The van der Waals surface area contributed by atoms with Gasteiger partial charge in [-0.15, -0.1) is 11.3 Å². The van der Waals surface area contributed by atoms with Crippen LogP contribution in [-0.2, 0) is 4.79 Å². The van der Waals surface area contributed by atoms with Gasteiger partial charge in [0.05, 0.1) is 5.02 Å². The maximum atomic E-state index is 11.5. The maximum Gasteiger partial charge on any atom is 0.264 e. The van der Waals surface area contributed by atoms with E-state index in [-0.39, 0.29) is 12.5 Å². The van der Waals surface area contributed by atoms with E-state index in [9.17, 15) is 4.79 Å². The number of nitrogens with zero attached hydrogens (tertiary/aromatic N) is 1. The second kappa shape index (κ2) is 5.65. The zero-order valence-electron chi connectivity index (χ0n) is 8.72. The quantitative estimate of drug-likeness (QED) is 0.928. The minimum Gasteiger partial charge on any atom is -0.482 e. The van der Waals surface area contributed by atoms with Crippen LogP contribution < -0.4 is 10.1 Å². The molecule has 0 aliphatic carbocycles. The van der Waals surface area contributed by atoms with Crippen molar-refractivity contribution >= 4 is 34.0 Å². The van der Waals surface area contributed by atoms with Crippen molar-refractivity contribution < 1.29 is 9.53 Å². The molecule has 1 amide bonds. The Hall–Kier alpha value is -1.59. The predicted octanol–water partition coefficient (Wildman–Crippen LogP) is 2.81. The Morgan fingerprint density at radius 3 is 3.00 bits per heavy atom. The highest BCUT2D eigenvalue weighted by Gasteiger charge is 2.06. The number of halogens is 1. The molecule has 0 saturated heterocycles. The Kier molecular flexibility index (Phi) is 3.95. The van der Waals surface area contributed by atoms with Crippen molar-refractivity contribution in [2.24, 2.45) is 0 Å². The fraction of sp³-hybridized carbons (Fsp3) is 0.0909. The van der Waals surface area contributed by atoms with Gasteiger partial charge in [-0.25, -0.2) is 4.98 Å². The van der Waals surface area contributed by atoms with Gasteiger partial charge in [-0.1, -0.05) is 23.7 Å². The lowest BCUT2D eigenvalue weighted by atomic mass is 10.3. The second-order valence-corrected chi connectivity index (χ2v) is 4.41. The van der Waals surface area contributed by atoms with E-state index in [4.69, 9.17) is 16.3 Å². The van der Waals surface area contributed by atoms with Crippen LogP contribution in [0.4, 0.5) is 5.13 Å². The zero-order chi connectivity index (χ0) is 12.1. The van der Waals surface area contributed by atoms with Crippen molar-refractivity contribution in [2.45, 2.75) is 0 Å². The molecule has 0 aliphatic heterocycles. The molecule has 88 valence electrons. The molecule has 1 N–H and O–H groups in total. The third-order valence-corrected chi connectivity index (χ3v) is 2.87. The van der Waals surface area contributed by atoms with Crippen molar-refractivity contribution in [3.05, 3.63) is 40.9 Å². The van der Waals surface area contributed by atoms with Crippen LogP contribution in [-0.4, -0.2) is 17.5 Å². The number of para-hydroxylation sites is 1. The van der Waals surface area contributed by atoms with Crippen LogP contribution in [0, 0.1) is 0 Å². The zero-order valence-corrected chi connectivity index (χ0v) is 10.3. The molecular formula is C11H9ClN2O2S. The highest BCUT2D eigenvalue weighted by molar-refractivity contribution is 7.13. The Balaban J connectivity index is 1.86. The Morgan fingerprint density at radius 1 is 1.47 bits per heavy atom. The largest absolute Gasteiger partial charge is 0.482 e. The number of nitrogens with one attached hydrogen (secondary N) is 1. The number of carbonyl (C=O) groups excluding carboxylic acids is 1. The third-order valence-electron chi connectivity index (χ3n) is 1.87. The Morgan fingerprint density at radius 2 is 2.29 bits per heavy atom. The maximum absolute atomic E-state index is 11.5. The first-order chi connectivity index (χ1) is 8.25. The van der Waals surface area contributed by atoms with Crippen molar-refractivity contribution in [1.82, 2.24) is 4.98 Å². The fourth-order valence-corrected chi connectivity index (χ4v) is 1.88. The first-order valence-electron chi connectivity index (χ1n) is 4.82. The predicted molar refractivity (Wildman–Crippen MR) is 67.7 cm³/mol. The van der Waals surface area contributed by atoms with Crippen LogP contribution in [0.1, 0.15) is 0 Å². The molecule has 0 fully saturated rings. The summed E-state index contributed by atoms with van der Waals surface area (Å²) in [5.41, 5.74) is 0. The molecule has 1 aromatic carbocycles. The molecule has 2 aromatic rings. The summed E-state index contributed by atoms with van der Waals surface area (Å²) in [6, 6.07) is 7.00. The topological polar surface area (TPSA) is 51.2 Å². The van der Waals surface area contributed by atoms with Crippen molar-refractivity contribution in [3.8, 4) is 5.75 Å². The summed E-state index contributed by atoms with van der Waals surface area (Å²) in [7, 11) is 0. The molecule has 0 aliphatic rings. The van der Waals surface area contributed by atoms with E-state index < -0.39 is 0 Å². The lowest BCUT2D eigenvalue weighted by molar-refractivity contribution is -0.118. The number of rotatable bonds is 4. The lowest BCUT2D eigenvalue weighted by Gasteiger charge is -2.06. The first kappa shape index (κ1) is 11.9. The molecule has 6 heteroatoms. The van der Waals surface area contributed by atoms with Crippen LogP contribution in [0.3, 0.4) is 0 Å². The van der Waals surface area contributed by atoms with Crippen LogP contribution in [0.2, 0.25) is 5.02 Å². The summed E-state index contributed by atoms with van der Waals surface area (Å²) < 4.78 is 5.28. The van der Waals surface area contributed by atoms with E-state index in [2.05, 4.69) is 10.3 Å². The number of ether oxygens (including phenoxy) is 1.